The van der Waals surface area contributed by atoms with Crippen LogP contribution in [0, 0.1) is 5.92 Å². The first-order valence-electron chi connectivity index (χ1n) is 7.70. The van der Waals surface area contributed by atoms with Crippen molar-refractivity contribution in [3.05, 3.63) is 35.4 Å². The summed E-state index contributed by atoms with van der Waals surface area (Å²) in [5, 5.41) is 3.54. The van der Waals surface area contributed by atoms with E-state index < -0.39 is 0 Å². The lowest BCUT2D eigenvalue weighted by Gasteiger charge is -2.20. The van der Waals surface area contributed by atoms with Gasteiger partial charge in [0.1, 0.15) is 0 Å². The van der Waals surface area contributed by atoms with E-state index >= 15 is 0 Å². The molecule has 114 valence electrons. The van der Waals surface area contributed by atoms with E-state index in [1.807, 2.05) is 0 Å². The van der Waals surface area contributed by atoms with Gasteiger partial charge in [-0.05, 0) is 30.1 Å². The van der Waals surface area contributed by atoms with Crippen LogP contribution in [0.5, 0.6) is 0 Å². The average Bonchev–Trinajstić information content (AvgIpc) is 2.46. The van der Waals surface area contributed by atoms with Gasteiger partial charge in [-0.25, -0.2) is 0 Å². The first-order valence-corrected chi connectivity index (χ1v) is 7.70. The Bertz CT molecular complexity index is 364. The molecule has 0 heterocycles. The summed E-state index contributed by atoms with van der Waals surface area (Å²) in [6, 6.07) is 8.73. The van der Waals surface area contributed by atoms with E-state index in [9.17, 15) is 0 Å². The second-order valence-corrected chi connectivity index (χ2v) is 5.42. The van der Waals surface area contributed by atoms with Gasteiger partial charge in [-0.2, -0.15) is 0 Å². The molecule has 0 amide bonds. The Morgan fingerprint density at radius 2 is 1.80 bits per heavy atom. The molecule has 1 unspecified atom stereocenters. The van der Waals surface area contributed by atoms with E-state index in [2.05, 4.69) is 55.3 Å². The van der Waals surface area contributed by atoms with Crippen molar-refractivity contribution in [1.29, 1.82) is 0 Å². The van der Waals surface area contributed by atoms with Gasteiger partial charge < -0.3 is 10.1 Å². The van der Waals surface area contributed by atoms with E-state index in [1.165, 1.54) is 11.1 Å². The molecule has 0 saturated carbocycles. The van der Waals surface area contributed by atoms with Crippen LogP contribution in [-0.2, 0) is 17.8 Å². The number of nitrogens with zero attached hydrogens (tertiary/aromatic N) is 1. The number of ether oxygens (including phenoxy) is 1. The molecule has 1 atom stereocenters. The molecule has 1 aromatic carbocycles. The fourth-order valence-corrected chi connectivity index (χ4v) is 2.37. The quantitative estimate of drug-likeness (QED) is 0.712. The van der Waals surface area contributed by atoms with Crippen LogP contribution >= 0.6 is 0 Å². The Balaban J connectivity index is 2.52. The summed E-state index contributed by atoms with van der Waals surface area (Å²) in [6.07, 6.45) is 0. The number of hydrogen-bond acceptors (Lipinski definition) is 3. The summed E-state index contributed by atoms with van der Waals surface area (Å²) in [4.78, 5) is 2.45. The minimum absolute atomic E-state index is 0.551. The molecular formula is C17H30N2O. The SMILES string of the molecule is CCN(CC)Cc1ccccc1CNCC(C)COC. The third-order valence-corrected chi connectivity index (χ3v) is 3.67. The maximum atomic E-state index is 5.17. The molecule has 3 heteroatoms. The molecule has 0 fully saturated rings. The van der Waals surface area contributed by atoms with Gasteiger partial charge in [-0.3, -0.25) is 4.90 Å². The Kier molecular flexibility index (Phi) is 8.51. The van der Waals surface area contributed by atoms with E-state index in [0.29, 0.717) is 5.92 Å². The predicted molar refractivity (Wildman–Crippen MR) is 85.8 cm³/mol. The highest BCUT2D eigenvalue weighted by Crippen LogP contribution is 2.11. The van der Waals surface area contributed by atoms with E-state index in [-0.39, 0.29) is 0 Å². The van der Waals surface area contributed by atoms with Gasteiger partial charge in [-0.15, -0.1) is 0 Å². The lowest BCUT2D eigenvalue weighted by molar-refractivity contribution is 0.158. The molecule has 1 aromatic rings. The third kappa shape index (κ3) is 6.04. The summed E-state index contributed by atoms with van der Waals surface area (Å²) in [5.74, 6) is 0.551. The number of methoxy groups -OCH3 is 1. The van der Waals surface area contributed by atoms with Crippen LogP contribution in [-0.4, -0.2) is 38.3 Å². The molecular weight excluding hydrogens is 248 g/mol. The first-order chi connectivity index (χ1) is 9.71. The standard InChI is InChI=1S/C17H30N2O/c1-5-19(6-2)13-17-10-8-7-9-16(17)12-18-11-15(3)14-20-4/h7-10,15,18H,5-6,11-14H2,1-4H3. The van der Waals surface area contributed by atoms with Crippen LogP contribution in [0.1, 0.15) is 31.9 Å². The Morgan fingerprint density at radius 1 is 1.15 bits per heavy atom. The second kappa shape index (κ2) is 9.92. The molecule has 1 N–H and O–H groups in total. The highest BCUT2D eigenvalue weighted by atomic mass is 16.5. The van der Waals surface area contributed by atoms with Crippen molar-refractivity contribution in [3.8, 4) is 0 Å². The second-order valence-electron chi connectivity index (χ2n) is 5.42. The normalized spacial score (nSPS) is 12.8. The number of rotatable bonds is 10. The lowest BCUT2D eigenvalue weighted by atomic mass is 10.1. The van der Waals surface area contributed by atoms with E-state index in [4.69, 9.17) is 4.74 Å². The van der Waals surface area contributed by atoms with Crippen LogP contribution in [0.3, 0.4) is 0 Å². The monoisotopic (exact) mass is 278 g/mol. The van der Waals surface area contributed by atoms with Crippen LogP contribution in [0.2, 0.25) is 0 Å². The summed E-state index contributed by atoms with van der Waals surface area (Å²) in [5.41, 5.74) is 2.84. The topological polar surface area (TPSA) is 24.5 Å². The maximum Gasteiger partial charge on any atom is 0.0499 e. The summed E-state index contributed by atoms with van der Waals surface area (Å²) in [7, 11) is 1.76. The highest BCUT2D eigenvalue weighted by molar-refractivity contribution is 5.27. The maximum absolute atomic E-state index is 5.17. The molecule has 0 saturated heterocycles. The van der Waals surface area contributed by atoms with Crippen molar-refractivity contribution in [3.63, 3.8) is 0 Å². The van der Waals surface area contributed by atoms with Crippen LogP contribution in [0.4, 0.5) is 0 Å². The lowest BCUT2D eigenvalue weighted by Crippen LogP contribution is -2.26. The molecule has 0 aliphatic rings. The average molecular weight is 278 g/mol. The Morgan fingerprint density at radius 3 is 2.40 bits per heavy atom. The Hall–Kier alpha value is -0.900. The fraction of sp³-hybridized carbons (Fsp3) is 0.647. The van der Waals surface area contributed by atoms with Crippen molar-refractivity contribution < 1.29 is 4.74 Å². The van der Waals surface area contributed by atoms with Crippen molar-refractivity contribution >= 4 is 0 Å². The van der Waals surface area contributed by atoms with Crippen LogP contribution < -0.4 is 5.32 Å². The van der Waals surface area contributed by atoms with Gasteiger partial charge in [0, 0.05) is 33.4 Å². The van der Waals surface area contributed by atoms with Gasteiger partial charge in [0.05, 0.1) is 0 Å². The predicted octanol–water partition coefficient (Wildman–Crippen LogP) is 2.90. The number of nitrogens with one attached hydrogen (secondary N) is 1. The van der Waals surface area contributed by atoms with E-state index in [0.717, 1.165) is 39.3 Å². The van der Waals surface area contributed by atoms with Crippen LogP contribution in [0.25, 0.3) is 0 Å². The van der Waals surface area contributed by atoms with Crippen molar-refractivity contribution in [2.45, 2.75) is 33.9 Å². The molecule has 0 aliphatic heterocycles. The van der Waals surface area contributed by atoms with Crippen molar-refractivity contribution in [1.82, 2.24) is 10.2 Å². The van der Waals surface area contributed by atoms with Gasteiger partial charge in [0.2, 0.25) is 0 Å². The smallest absolute Gasteiger partial charge is 0.0499 e. The minimum atomic E-state index is 0.551. The molecule has 1 rings (SSSR count). The van der Waals surface area contributed by atoms with Gasteiger partial charge in [0.25, 0.3) is 0 Å². The minimum Gasteiger partial charge on any atom is -0.384 e. The molecule has 0 spiro atoms. The summed E-state index contributed by atoms with van der Waals surface area (Å²) in [6.45, 7) is 12.6. The zero-order valence-electron chi connectivity index (χ0n) is 13.5. The van der Waals surface area contributed by atoms with E-state index in [1.54, 1.807) is 7.11 Å². The van der Waals surface area contributed by atoms with Gasteiger partial charge in [-0.1, -0.05) is 45.0 Å². The summed E-state index contributed by atoms with van der Waals surface area (Å²) >= 11 is 0. The highest BCUT2D eigenvalue weighted by Gasteiger charge is 2.06. The number of benzene rings is 1. The molecule has 20 heavy (non-hydrogen) atoms. The van der Waals surface area contributed by atoms with Crippen molar-refractivity contribution in [2.75, 3.05) is 33.4 Å². The third-order valence-electron chi connectivity index (χ3n) is 3.67. The van der Waals surface area contributed by atoms with Gasteiger partial charge in [0.15, 0.2) is 0 Å². The zero-order valence-corrected chi connectivity index (χ0v) is 13.5. The molecule has 0 radical (unpaired) electrons. The Labute approximate surface area is 124 Å². The van der Waals surface area contributed by atoms with Crippen molar-refractivity contribution in [2.24, 2.45) is 5.92 Å². The summed E-state index contributed by atoms with van der Waals surface area (Å²) < 4.78 is 5.17. The number of hydrogen-bond donors (Lipinski definition) is 1. The molecule has 0 bridgehead atoms. The van der Waals surface area contributed by atoms with Gasteiger partial charge >= 0.3 is 0 Å². The molecule has 0 aromatic heterocycles. The molecule has 3 nitrogen and oxygen atoms in total. The first kappa shape index (κ1) is 17.2. The zero-order chi connectivity index (χ0) is 14.8. The molecule has 0 aliphatic carbocycles. The largest absolute Gasteiger partial charge is 0.384 e. The van der Waals surface area contributed by atoms with Crippen LogP contribution in [0.15, 0.2) is 24.3 Å². The fourth-order valence-electron chi connectivity index (χ4n) is 2.37.